The average molecular weight is 333 g/mol. The Labute approximate surface area is 140 Å². The SMILES string of the molecule is COc1c2c(nc3occc13)[C@@]1(OC)CCC(C)(C)O[C@@]1(O)CC2. The second kappa shape index (κ2) is 4.94. The average Bonchev–Trinajstić information content (AvgIpc) is 2.99. The zero-order valence-corrected chi connectivity index (χ0v) is 14.5. The van der Waals surface area contributed by atoms with Crippen LogP contribution < -0.4 is 4.74 Å². The minimum atomic E-state index is -1.42. The number of rotatable bonds is 2. The molecule has 2 atom stereocenters. The van der Waals surface area contributed by atoms with Gasteiger partial charge in [0, 0.05) is 19.1 Å². The van der Waals surface area contributed by atoms with Crippen molar-refractivity contribution in [1.82, 2.24) is 4.98 Å². The molecular weight excluding hydrogens is 310 g/mol. The standard InChI is InChI=1S/C18H23NO5/c1-16(2)8-9-17(22-4)14-11(5-7-18(17,20)24-16)13(21-3)12-6-10-23-15(12)19-14/h6,10,20H,5,7-9H2,1-4H3/t17-,18-/m0/s1. The molecular formula is C18H23NO5. The van der Waals surface area contributed by atoms with Crippen molar-refractivity contribution in [1.29, 1.82) is 0 Å². The zero-order chi connectivity index (χ0) is 17.2. The molecule has 130 valence electrons. The number of hydrogen-bond donors (Lipinski definition) is 1. The molecule has 0 aromatic carbocycles. The molecule has 24 heavy (non-hydrogen) atoms. The van der Waals surface area contributed by atoms with E-state index in [-0.39, 0.29) is 0 Å². The van der Waals surface area contributed by atoms with E-state index in [1.807, 2.05) is 19.9 Å². The first-order chi connectivity index (χ1) is 11.4. The Bertz CT molecular complexity index is 798. The summed E-state index contributed by atoms with van der Waals surface area (Å²) < 4.78 is 23.1. The van der Waals surface area contributed by atoms with Crippen LogP contribution in [-0.2, 0) is 21.5 Å². The molecule has 2 aliphatic rings. The number of hydrogen-bond acceptors (Lipinski definition) is 6. The minimum absolute atomic E-state index is 0.410. The highest BCUT2D eigenvalue weighted by molar-refractivity contribution is 5.83. The Kier molecular flexibility index (Phi) is 3.27. The Hall–Kier alpha value is -1.63. The number of aromatic nitrogens is 1. The van der Waals surface area contributed by atoms with Crippen molar-refractivity contribution >= 4 is 11.1 Å². The molecule has 3 heterocycles. The smallest absolute Gasteiger partial charge is 0.229 e. The van der Waals surface area contributed by atoms with Crippen molar-refractivity contribution in [3.63, 3.8) is 0 Å². The van der Waals surface area contributed by atoms with E-state index in [9.17, 15) is 5.11 Å². The Balaban J connectivity index is 1.98. The maximum absolute atomic E-state index is 11.4. The number of aliphatic hydroxyl groups is 1. The lowest BCUT2D eigenvalue weighted by molar-refractivity contribution is -0.377. The molecule has 6 nitrogen and oxygen atoms in total. The fraction of sp³-hybridized carbons (Fsp3) is 0.611. The summed E-state index contributed by atoms with van der Waals surface area (Å²) in [6, 6.07) is 1.85. The summed E-state index contributed by atoms with van der Waals surface area (Å²) in [5, 5.41) is 12.2. The largest absolute Gasteiger partial charge is 0.496 e. The maximum Gasteiger partial charge on any atom is 0.229 e. The summed E-state index contributed by atoms with van der Waals surface area (Å²) in [5.41, 5.74) is 0.670. The molecule has 1 N–H and O–H groups in total. The highest BCUT2D eigenvalue weighted by atomic mass is 16.7. The first kappa shape index (κ1) is 15.9. The molecule has 0 bridgehead atoms. The van der Waals surface area contributed by atoms with Gasteiger partial charge in [0.25, 0.3) is 0 Å². The van der Waals surface area contributed by atoms with Crippen LogP contribution in [0.2, 0.25) is 0 Å². The fourth-order valence-electron chi connectivity index (χ4n) is 4.27. The first-order valence-corrected chi connectivity index (χ1v) is 8.28. The maximum atomic E-state index is 11.4. The summed E-state index contributed by atoms with van der Waals surface area (Å²) in [7, 11) is 3.24. The molecule has 1 saturated heterocycles. The quantitative estimate of drug-likeness (QED) is 0.911. The van der Waals surface area contributed by atoms with Gasteiger partial charge in [-0.1, -0.05) is 0 Å². The monoisotopic (exact) mass is 333 g/mol. The lowest BCUT2D eigenvalue weighted by atomic mass is 9.70. The van der Waals surface area contributed by atoms with Gasteiger partial charge < -0.3 is 23.7 Å². The lowest BCUT2D eigenvalue weighted by Gasteiger charge is -2.55. The minimum Gasteiger partial charge on any atom is -0.496 e. The van der Waals surface area contributed by atoms with Gasteiger partial charge in [-0.15, -0.1) is 0 Å². The van der Waals surface area contributed by atoms with Crippen LogP contribution >= 0.6 is 0 Å². The van der Waals surface area contributed by atoms with Crippen molar-refractivity contribution < 1.29 is 23.7 Å². The number of fused-ring (bicyclic) bond motifs is 4. The molecule has 0 spiro atoms. The summed E-state index contributed by atoms with van der Waals surface area (Å²) in [4.78, 5) is 4.69. The van der Waals surface area contributed by atoms with E-state index in [1.165, 1.54) is 0 Å². The molecule has 1 fully saturated rings. The summed E-state index contributed by atoms with van der Waals surface area (Å²) in [6.07, 6.45) is 3.99. The van der Waals surface area contributed by atoms with Gasteiger partial charge in [0.15, 0.2) is 5.60 Å². The van der Waals surface area contributed by atoms with E-state index in [4.69, 9.17) is 23.6 Å². The van der Waals surface area contributed by atoms with E-state index in [0.29, 0.717) is 30.7 Å². The molecule has 2 aromatic heterocycles. The van der Waals surface area contributed by atoms with Gasteiger partial charge >= 0.3 is 0 Å². The second-order valence-electron chi connectivity index (χ2n) is 7.29. The van der Waals surface area contributed by atoms with Gasteiger partial charge in [-0.25, -0.2) is 4.98 Å². The Morgan fingerprint density at radius 1 is 1.21 bits per heavy atom. The number of ether oxygens (including phenoxy) is 3. The Morgan fingerprint density at radius 3 is 2.71 bits per heavy atom. The van der Waals surface area contributed by atoms with Gasteiger partial charge in [0.2, 0.25) is 11.5 Å². The third-order valence-electron chi connectivity index (χ3n) is 5.47. The van der Waals surface area contributed by atoms with E-state index >= 15 is 0 Å². The zero-order valence-electron chi connectivity index (χ0n) is 14.5. The topological polar surface area (TPSA) is 74.0 Å². The number of nitrogens with zero attached hydrogens (tertiary/aromatic N) is 1. The predicted octanol–water partition coefficient (Wildman–Crippen LogP) is 2.90. The van der Waals surface area contributed by atoms with Crippen molar-refractivity contribution in [2.45, 2.75) is 56.5 Å². The van der Waals surface area contributed by atoms with E-state index in [2.05, 4.69) is 0 Å². The highest BCUT2D eigenvalue weighted by Crippen LogP contribution is 2.55. The van der Waals surface area contributed by atoms with Gasteiger partial charge in [-0.3, -0.25) is 0 Å². The van der Waals surface area contributed by atoms with Crippen molar-refractivity contribution in [2.24, 2.45) is 0 Å². The van der Waals surface area contributed by atoms with Crippen LogP contribution in [0.25, 0.3) is 11.1 Å². The van der Waals surface area contributed by atoms with Crippen molar-refractivity contribution in [3.8, 4) is 5.75 Å². The van der Waals surface area contributed by atoms with Crippen LogP contribution in [0, 0.1) is 0 Å². The summed E-state index contributed by atoms with van der Waals surface area (Å²) in [5.74, 6) is -0.679. The number of methoxy groups -OCH3 is 2. The molecule has 2 aromatic rings. The van der Waals surface area contributed by atoms with E-state index in [1.54, 1.807) is 20.5 Å². The molecule has 6 heteroatoms. The van der Waals surface area contributed by atoms with Crippen LogP contribution in [0.4, 0.5) is 0 Å². The molecule has 0 saturated carbocycles. The van der Waals surface area contributed by atoms with E-state index < -0.39 is 17.0 Å². The molecule has 1 aliphatic heterocycles. The molecule has 4 rings (SSSR count). The summed E-state index contributed by atoms with van der Waals surface area (Å²) in [6.45, 7) is 3.98. The first-order valence-electron chi connectivity index (χ1n) is 8.28. The molecule has 1 aliphatic carbocycles. The second-order valence-corrected chi connectivity index (χ2v) is 7.29. The van der Waals surface area contributed by atoms with Gasteiger partial charge in [-0.05, 0) is 39.2 Å². The predicted molar refractivity (Wildman–Crippen MR) is 86.9 cm³/mol. The highest BCUT2D eigenvalue weighted by Gasteiger charge is 2.62. The van der Waals surface area contributed by atoms with E-state index in [0.717, 1.165) is 23.1 Å². The van der Waals surface area contributed by atoms with Crippen LogP contribution in [0.3, 0.4) is 0 Å². The lowest BCUT2D eigenvalue weighted by Crippen LogP contribution is -2.64. The third-order valence-corrected chi connectivity index (χ3v) is 5.47. The van der Waals surface area contributed by atoms with Crippen LogP contribution in [0.5, 0.6) is 5.75 Å². The van der Waals surface area contributed by atoms with Crippen molar-refractivity contribution in [2.75, 3.05) is 14.2 Å². The van der Waals surface area contributed by atoms with Crippen molar-refractivity contribution in [3.05, 3.63) is 23.6 Å². The number of pyridine rings is 1. The molecule has 0 amide bonds. The Morgan fingerprint density at radius 2 is 2.00 bits per heavy atom. The van der Waals surface area contributed by atoms with Crippen LogP contribution in [0.1, 0.15) is 44.4 Å². The third kappa shape index (κ3) is 1.90. The van der Waals surface area contributed by atoms with Gasteiger partial charge in [-0.2, -0.15) is 0 Å². The van der Waals surface area contributed by atoms with Crippen LogP contribution in [0.15, 0.2) is 16.7 Å². The number of furan rings is 1. The summed E-state index contributed by atoms with van der Waals surface area (Å²) >= 11 is 0. The normalized spacial score (nSPS) is 31.5. The molecule has 0 radical (unpaired) electrons. The molecule has 0 unspecified atom stereocenters. The van der Waals surface area contributed by atoms with Crippen LogP contribution in [-0.4, -0.2) is 35.7 Å². The van der Waals surface area contributed by atoms with Gasteiger partial charge in [0.1, 0.15) is 5.75 Å². The van der Waals surface area contributed by atoms with Gasteiger partial charge in [0.05, 0.1) is 30.1 Å². The fourth-order valence-corrected chi connectivity index (χ4v) is 4.27.